The van der Waals surface area contributed by atoms with Gasteiger partial charge in [-0.05, 0) is 33.3 Å². The first-order valence-electron chi connectivity index (χ1n) is 7.90. The number of thiophene rings is 1. The third-order valence-corrected chi connectivity index (χ3v) is 4.99. The normalized spacial score (nSPS) is 11.7. The van der Waals surface area contributed by atoms with Crippen LogP contribution in [0.3, 0.4) is 0 Å². The first-order chi connectivity index (χ1) is 11.7. The van der Waals surface area contributed by atoms with Crippen molar-refractivity contribution in [1.82, 2.24) is 0 Å². The van der Waals surface area contributed by atoms with Gasteiger partial charge in [0, 0.05) is 17.4 Å². The van der Waals surface area contributed by atoms with Crippen LogP contribution >= 0.6 is 11.3 Å². The summed E-state index contributed by atoms with van der Waals surface area (Å²) in [7, 11) is 0. The third-order valence-electron chi connectivity index (χ3n) is 3.87. The van der Waals surface area contributed by atoms with Crippen molar-refractivity contribution in [3.8, 4) is 0 Å². The van der Waals surface area contributed by atoms with E-state index in [9.17, 15) is 14.4 Å². The van der Waals surface area contributed by atoms with Gasteiger partial charge >= 0.3 is 5.97 Å². The maximum Gasteiger partial charge on any atom is 0.342 e. The number of rotatable bonds is 5. The second-order valence-electron chi connectivity index (χ2n) is 5.95. The fraction of sp³-hybridized carbons (Fsp3) is 0.316. The average molecular weight is 359 g/mol. The number of esters is 1. The number of amides is 1. The van der Waals surface area contributed by atoms with Crippen molar-refractivity contribution in [3.05, 3.63) is 51.4 Å². The van der Waals surface area contributed by atoms with Crippen LogP contribution in [0.4, 0.5) is 5.00 Å². The van der Waals surface area contributed by atoms with Crippen LogP contribution < -0.4 is 5.32 Å². The summed E-state index contributed by atoms with van der Waals surface area (Å²) < 4.78 is 5.37. The predicted molar refractivity (Wildman–Crippen MR) is 98.5 cm³/mol. The molecule has 1 N–H and O–H groups in total. The number of carbonyl (C=O) groups is 3. The molecular formula is C19H21NO4S. The fourth-order valence-corrected chi connectivity index (χ4v) is 3.44. The van der Waals surface area contributed by atoms with E-state index >= 15 is 0 Å². The Bertz CT molecular complexity index is 821. The highest BCUT2D eigenvalue weighted by molar-refractivity contribution is 7.16. The maximum atomic E-state index is 12.6. The van der Waals surface area contributed by atoms with Crippen LogP contribution in [0.2, 0.25) is 0 Å². The second kappa shape index (κ2) is 7.61. The highest BCUT2D eigenvalue weighted by Crippen LogP contribution is 2.33. The van der Waals surface area contributed by atoms with Crippen molar-refractivity contribution in [2.24, 2.45) is 0 Å². The van der Waals surface area contributed by atoms with E-state index in [2.05, 4.69) is 5.32 Å². The lowest BCUT2D eigenvalue weighted by Crippen LogP contribution is -2.25. The van der Waals surface area contributed by atoms with E-state index < -0.39 is 12.1 Å². The molecule has 0 spiro atoms. The smallest absolute Gasteiger partial charge is 0.342 e. The summed E-state index contributed by atoms with van der Waals surface area (Å²) in [6, 6.07) is 7.10. The molecular weight excluding hydrogens is 338 g/mol. The minimum absolute atomic E-state index is 0.265. The minimum atomic E-state index is -0.917. The molecule has 6 heteroatoms. The van der Waals surface area contributed by atoms with Gasteiger partial charge in [-0.3, -0.25) is 9.59 Å². The Labute approximate surface area is 151 Å². The molecule has 0 aliphatic carbocycles. The van der Waals surface area contributed by atoms with Gasteiger partial charge in [0.15, 0.2) is 6.10 Å². The van der Waals surface area contributed by atoms with Gasteiger partial charge in [-0.15, -0.1) is 11.3 Å². The summed E-state index contributed by atoms with van der Waals surface area (Å²) in [5, 5.41) is 3.10. The highest BCUT2D eigenvalue weighted by Gasteiger charge is 2.26. The topological polar surface area (TPSA) is 72.5 Å². The van der Waals surface area contributed by atoms with Gasteiger partial charge in [0.25, 0.3) is 0 Å². The zero-order valence-electron chi connectivity index (χ0n) is 14.9. The Morgan fingerprint density at radius 1 is 1.08 bits per heavy atom. The molecule has 0 saturated carbocycles. The summed E-state index contributed by atoms with van der Waals surface area (Å²) >= 11 is 1.31. The van der Waals surface area contributed by atoms with Crippen LogP contribution in [0.5, 0.6) is 0 Å². The number of carbonyl (C=O) groups excluding carboxylic acids is 3. The SMILES string of the molecule is CC(=O)Nc1sc(C)c(C)c1C(=O)O[C@H](C)C(=O)c1ccc(C)cc1. The van der Waals surface area contributed by atoms with Crippen molar-refractivity contribution in [2.75, 3.05) is 5.32 Å². The number of ketones is 1. The maximum absolute atomic E-state index is 12.6. The molecule has 1 amide bonds. The molecule has 1 aromatic heterocycles. The number of hydrogen-bond donors (Lipinski definition) is 1. The highest BCUT2D eigenvalue weighted by atomic mass is 32.1. The van der Waals surface area contributed by atoms with Crippen LogP contribution in [0.15, 0.2) is 24.3 Å². The first kappa shape index (κ1) is 18.9. The molecule has 0 saturated heterocycles. The molecule has 2 rings (SSSR count). The summed E-state index contributed by atoms with van der Waals surface area (Å²) in [5.74, 6) is -1.14. The van der Waals surface area contributed by atoms with E-state index in [-0.39, 0.29) is 11.7 Å². The quantitative estimate of drug-likeness (QED) is 0.645. The van der Waals surface area contributed by atoms with Crippen LogP contribution in [-0.2, 0) is 9.53 Å². The molecule has 2 aromatic rings. The zero-order valence-corrected chi connectivity index (χ0v) is 15.7. The largest absolute Gasteiger partial charge is 0.451 e. The lowest BCUT2D eigenvalue weighted by Gasteiger charge is -2.13. The van der Waals surface area contributed by atoms with Crippen molar-refractivity contribution in [1.29, 1.82) is 0 Å². The molecule has 1 atom stereocenters. The van der Waals surface area contributed by atoms with Gasteiger partial charge in [0.05, 0.1) is 5.56 Å². The van der Waals surface area contributed by atoms with Gasteiger partial charge in [0.1, 0.15) is 5.00 Å². The number of nitrogens with one attached hydrogen (secondary N) is 1. The van der Waals surface area contributed by atoms with E-state index in [0.29, 0.717) is 16.1 Å². The number of hydrogen-bond acceptors (Lipinski definition) is 5. The third kappa shape index (κ3) is 4.33. The summed E-state index contributed by atoms with van der Waals surface area (Å²) in [5.41, 5.74) is 2.59. The van der Waals surface area contributed by atoms with Crippen molar-refractivity contribution in [3.63, 3.8) is 0 Å². The molecule has 0 fully saturated rings. The lowest BCUT2D eigenvalue weighted by molar-refractivity contribution is -0.114. The molecule has 25 heavy (non-hydrogen) atoms. The van der Waals surface area contributed by atoms with E-state index in [4.69, 9.17) is 4.74 Å². The Hall–Kier alpha value is -2.47. The molecule has 5 nitrogen and oxygen atoms in total. The van der Waals surface area contributed by atoms with Gasteiger partial charge < -0.3 is 10.1 Å². The van der Waals surface area contributed by atoms with Crippen LogP contribution in [0, 0.1) is 20.8 Å². The second-order valence-corrected chi connectivity index (χ2v) is 7.17. The predicted octanol–water partition coefficient (Wildman–Crippen LogP) is 4.06. The Kier molecular flexibility index (Phi) is 5.74. The number of ether oxygens (including phenoxy) is 1. The van der Waals surface area contributed by atoms with Crippen molar-refractivity contribution >= 4 is 34.0 Å². The molecule has 1 heterocycles. The standard InChI is InChI=1S/C19H21NO4S/c1-10-6-8-15(9-7-10)17(22)12(3)24-19(23)16-11(2)13(4)25-18(16)20-14(5)21/h6-9,12H,1-5H3,(H,20,21)/t12-/m1/s1. The zero-order chi connectivity index (χ0) is 18.7. The van der Waals surface area contributed by atoms with Crippen LogP contribution in [0.1, 0.15) is 50.6 Å². The van der Waals surface area contributed by atoms with E-state index in [1.807, 2.05) is 26.0 Å². The van der Waals surface area contributed by atoms with Gasteiger partial charge in [-0.25, -0.2) is 4.79 Å². The lowest BCUT2D eigenvalue weighted by atomic mass is 10.1. The van der Waals surface area contributed by atoms with E-state index in [1.165, 1.54) is 18.3 Å². The van der Waals surface area contributed by atoms with Gasteiger partial charge in [-0.2, -0.15) is 0 Å². The Balaban J connectivity index is 2.20. The minimum Gasteiger partial charge on any atom is -0.451 e. The van der Waals surface area contributed by atoms with Crippen LogP contribution in [-0.4, -0.2) is 23.8 Å². The molecule has 0 aliphatic heterocycles. The summed E-state index contributed by atoms with van der Waals surface area (Å²) in [6.07, 6.45) is -0.917. The van der Waals surface area contributed by atoms with E-state index in [0.717, 1.165) is 16.0 Å². The van der Waals surface area contributed by atoms with Crippen molar-refractivity contribution in [2.45, 2.75) is 40.7 Å². The molecule has 1 aromatic carbocycles. The van der Waals surface area contributed by atoms with Crippen molar-refractivity contribution < 1.29 is 19.1 Å². The average Bonchev–Trinajstić information content (AvgIpc) is 2.80. The monoisotopic (exact) mass is 359 g/mol. The first-order valence-corrected chi connectivity index (χ1v) is 8.71. The summed E-state index contributed by atoms with van der Waals surface area (Å²) in [6.45, 7) is 8.52. The number of anilines is 1. The van der Waals surface area contributed by atoms with Gasteiger partial charge in [0.2, 0.25) is 11.7 Å². The van der Waals surface area contributed by atoms with E-state index in [1.54, 1.807) is 26.0 Å². The fourth-order valence-electron chi connectivity index (χ4n) is 2.35. The number of benzene rings is 1. The molecule has 0 bridgehead atoms. The van der Waals surface area contributed by atoms with Crippen LogP contribution in [0.25, 0.3) is 0 Å². The number of Topliss-reactive ketones (excluding diaryl/α,β-unsaturated/α-hetero) is 1. The molecule has 0 aliphatic rings. The molecule has 132 valence electrons. The number of aryl methyl sites for hydroxylation is 2. The molecule has 0 unspecified atom stereocenters. The summed E-state index contributed by atoms with van der Waals surface area (Å²) in [4.78, 5) is 37.2. The Morgan fingerprint density at radius 3 is 2.24 bits per heavy atom. The van der Waals surface area contributed by atoms with Gasteiger partial charge in [-0.1, -0.05) is 29.8 Å². The Morgan fingerprint density at radius 2 is 1.68 bits per heavy atom. The molecule has 0 radical (unpaired) electrons.